The molecule has 0 fully saturated rings. The fourth-order valence-corrected chi connectivity index (χ4v) is 1.98. The molecule has 0 radical (unpaired) electrons. The van der Waals surface area contributed by atoms with Crippen LogP contribution in [0.1, 0.15) is 12.5 Å². The van der Waals surface area contributed by atoms with Crippen LogP contribution in [0.4, 0.5) is 5.69 Å². The summed E-state index contributed by atoms with van der Waals surface area (Å²) in [4.78, 5) is 13.5. The molecule has 0 atom stereocenters. The summed E-state index contributed by atoms with van der Waals surface area (Å²) >= 11 is 0. The highest BCUT2D eigenvalue weighted by molar-refractivity contribution is 5.91. The monoisotopic (exact) mass is 255 g/mol. The van der Waals surface area contributed by atoms with Crippen molar-refractivity contribution in [1.82, 2.24) is 0 Å². The smallest absolute Gasteiger partial charge is 0.223 e. The van der Waals surface area contributed by atoms with Gasteiger partial charge >= 0.3 is 0 Å². The fraction of sp³-hybridized carbons (Fsp3) is 0.188. The van der Waals surface area contributed by atoms with E-state index in [1.807, 2.05) is 42.5 Å². The number of phenolic OH excluding ortho intramolecular Hbond substituents is 1. The summed E-state index contributed by atoms with van der Waals surface area (Å²) in [6, 6.07) is 16.7. The number of rotatable bonds is 4. The molecule has 3 heteroatoms. The number of carbonyl (C=O) groups is 1. The van der Waals surface area contributed by atoms with Crippen molar-refractivity contribution >= 4 is 11.6 Å². The van der Waals surface area contributed by atoms with Gasteiger partial charge in [0, 0.05) is 19.2 Å². The highest BCUT2D eigenvalue weighted by atomic mass is 16.3. The lowest BCUT2D eigenvalue weighted by Crippen LogP contribution is -2.30. The summed E-state index contributed by atoms with van der Waals surface area (Å²) in [6.45, 7) is 2.20. The average molecular weight is 255 g/mol. The maximum Gasteiger partial charge on any atom is 0.223 e. The van der Waals surface area contributed by atoms with Crippen molar-refractivity contribution in [2.75, 3.05) is 11.4 Å². The van der Waals surface area contributed by atoms with E-state index >= 15 is 0 Å². The largest absolute Gasteiger partial charge is 0.508 e. The molecule has 0 bridgehead atoms. The maximum atomic E-state index is 11.7. The van der Waals surface area contributed by atoms with Gasteiger partial charge in [0.05, 0.1) is 0 Å². The van der Waals surface area contributed by atoms with Gasteiger partial charge in [-0.3, -0.25) is 4.79 Å². The SMILES string of the molecule is CC(=O)N(CCc1ccc(O)cc1)c1ccccc1. The lowest BCUT2D eigenvalue weighted by molar-refractivity contribution is -0.116. The molecule has 0 heterocycles. The van der Waals surface area contributed by atoms with Crippen molar-refractivity contribution in [2.24, 2.45) is 0 Å². The summed E-state index contributed by atoms with van der Waals surface area (Å²) in [5, 5.41) is 9.24. The second-order valence-corrected chi connectivity index (χ2v) is 4.42. The Hall–Kier alpha value is -2.29. The first-order valence-corrected chi connectivity index (χ1v) is 6.28. The number of anilines is 1. The quantitative estimate of drug-likeness (QED) is 0.912. The molecule has 98 valence electrons. The van der Waals surface area contributed by atoms with E-state index in [2.05, 4.69) is 0 Å². The summed E-state index contributed by atoms with van der Waals surface area (Å²) in [6.07, 6.45) is 0.759. The lowest BCUT2D eigenvalue weighted by Gasteiger charge is -2.21. The molecule has 2 aromatic carbocycles. The minimum Gasteiger partial charge on any atom is -0.508 e. The Morgan fingerprint density at radius 2 is 1.68 bits per heavy atom. The summed E-state index contributed by atoms with van der Waals surface area (Å²) in [7, 11) is 0. The number of aromatic hydroxyl groups is 1. The highest BCUT2D eigenvalue weighted by Crippen LogP contribution is 2.15. The molecule has 2 aromatic rings. The first-order chi connectivity index (χ1) is 9.16. The van der Waals surface area contributed by atoms with Gasteiger partial charge in [-0.05, 0) is 36.2 Å². The topological polar surface area (TPSA) is 40.5 Å². The van der Waals surface area contributed by atoms with E-state index in [9.17, 15) is 9.90 Å². The van der Waals surface area contributed by atoms with Crippen LogP contribution in [0, 0.1) is 0 Å². The Kier molecular flexibility index (Phi) is 4.18. The standard InChI is InChI=1S/C16H17NO2/c1-13(18)17(15-5-3-2-4-6-15)12-11-14-7-9-16(19)10-8-14/h2-10,19H,11-12H2,1H3. The minimum absolute atomic E-state index is 0.0324. The molecule has 0 aliphatic heterocycles. The Bertz CT molecular complexity index is 534. The predicted octanol–water partition coefficient (Wildman–Crippen LogP) is 2.99. The van der Waals surface area contributed by atoms with Gasteiger partial charge in [-0.1, -0.05) is 30.3 Å². The van der Waals surface area contributed by atoms with Gasteiger partial charge in [0.25, 0.3) is 0 Å². The lowest BCUT2D eigenvalue weighted by atomic mass is 10.1. The van der Waals surface area contributed by atoms with Crippen LogP contribution in [0.3, 0.4) is 0 Å². The second-order valence-electron chi connectivity index (χ2n) is 4.42. The van der Waals surface area contributed by atoms with Crippen LogP contribution in [-0.2, 0) is 11.2 Å². The number of hydrogen-bond acceptors (Lipinski definition) is 2. The van der Waals surface area contributed by atoms with Crippen LogP contribution in [0.25, 0.3) is 0 Å². The number of amides is 1. The number of phenols is 1. The van der Waals surface area contributed by atoms with E-state index < -0.39 is 0 Å². The molecule has 1 amide bonds. The Labute approximate surface area is 113 Å². The van der Waals surface area contributed by atoms with Gasteiger partial charge in [0.15, 0.2) is 0 Å². The third-order valence-corrected chi connectivity index (χ3v) is 3.01. The molecule has 1 N–H and O–H groups in total. The molecule has 0 aliphatic carbocycles. The van der Waals surface area contributed by atoms with Gasteiger partial charge in [-0.2, -0.15) is 0 Å². The van der Waals surface area contributed by atoms with E-state index in [1.165, 1.54) is 0 Å². The van der Waals surface area contributed by atoms with Gasteiger partial charge in [-0.15, -0.1) is 0 Å². The first-order valence-electron chi connectivity index (χ1n) is 6.28. The van der Waals surface area contributed by atoms with E-state index in [1.54, 1.807) is 24.0 Å². The molecule has 0 aromatic heterocycles. The zero-order valence-electron chi connectivity index (χ0n) is 10.9. The average Bonchev–Trinajstić information content (AvgIpc) is 2.42. The molecule has 0 spiro atoms. The van der Waals surface area contributed by atoms with Crippen LogP contribution in [0.15, 0.2) is 54.6 Å². The number of hydrogen-bond donors (Lipinski definition) is 1. The van der Waals surface area contributed by atoms with Crippen LogP contribution in [0.5, 0.6) is 5.75 Å². The van der Waals surface area contributed by atoms with Gasteiger partial charge in [0.1, 0.15) is 5.75 Å². The predicted molar refractivity (Wildman–Crippen MR) is 76.3 cm³/mol. The highest BCUT2D eigenvalue weighted by Gasteiger charge is 2.10. The molecule has 3 nitrogen and oxygen atoms in total. The van der Waals surface area contributed by atoms with E-state index in [0.717, 1.165) is 17.7 Å². The summed E-state index contributed by atoms with van der Waals surface area (Å²) in [5.41, 5.74) is 2.01. The molecule has 2 rings (SSSR count). The maximum absolute atomic E-state index is 11.7. The molecular weight excluding hydrogens is 238 g/mol. The number of para-hydroxylation sites is 1. The van der Waals surface area contributed by atoms with Crippen molar-refractivity contribution in [1.29, 1.82) is 0 Å². The molecule has 0 saturated carbocycles. The van der Waals surface area contributed by atoms with Crippen molar-refractivity contribution < 1.29 is 9.90 Å². The summed E-state index contributed by atoms with van der Waals surface area (Å²) in [5.74, 6) is 0.292. The van der Waals surface area contributed by atoms with Crippen LogP contribution < -0.4 is 4.90 Å². The minimum atomic E-state index is 0.0324. The van der Waals surface area contributed by atoms with Crippen LogP contribution >= 0.6 is 0 Å². The molecule has 0 saturated heterocycles. The zero-order valence-corrected chi connectivity index (χ0v) is 10.9. The first kappa shape index (κ1) is 13.1. The van der Waals surface area contributed by atoms with E-state index in [-0.39, 0.29) is 11.7 Å². The van der Waals surface area contributed by atoms with Gasteiger partial charge in [-0.25, -0.2) is 0 Å². The van der Waals surface area contributed by atoms with Crippen LogP contribution in [0.2, 0.25) is 0 Å². The van der Waals surface area contributed by atoms with Crippen molar-refractivity contribution in [3.05, 3.63) is 60.2 Å². The third kappa shape index (κ3) is 3.58. The van der Waals surface area contributed by atoms with E-state index in [0.29, 0.717) is 6.54 Å². The van der Waals surface area contributed by atoms with Gasteiger partial charge < -0.3 is 10.0 Å². The van der Waals surface area contributed by atoms with Gasteiger partial charge in [0.2, 0.25) is 5.91 Å². The molecular formula is C16H17NO2. The Morgan fingerprint density at radius 3 is 2.26 bits per heavy atom. The third-order valence-electron chi connectivity index (χ3n) is 3.01. The molecule has 0 aliphatic rings. The second kappa shape index (κ2) is 6.05. The zero-order chi connectivity index (χ0) is 13.7. The van der Waals surface area contributed by atoms with Crippen LogP contribution in [-0.4, -0.2) is 17.6 Å². The Morgan fingerprint density at radius 1 is 1.05 bits per heavy atom. The van der Waals surface area contributed by atoms with E-state index in [4.69, 9.17) is 0 Å². The van der Waals surface area contributed by atoms with Crippen molar-refractivity contribution in [3.8, 4) is 5.75 Å². The Balaban J connectivity index is 2.06. The number of benzene rings is 2. The normalized spacial score (nSPS) is 10.2. The fourth-order valence-electron chi connectivity index (χ4n) is 1.98. The number of carbonyl (C=O) groups excluding carboxylic acids is 1. The number of nitrogens with zero attached hydrogens (tertiary/aromatic N) is 1. The van der Waals surface area contributed by atoms with Crippen molar-refractivity contribution in [2.45, 2.75) is 13.3 Å². The molecule has 0 unspecified atom stereocenters. The summed E-state index contributed by atoms with van der Waals surface area (Å²) < 4.78 is 0. The molecule has 19 heavy (non-hydrogen) atoms. The van der Waals surface area contributed by atoms with Crippen molar-refractivity contribution in [3.63, 3.8) is 0 Å².